The lowest BCUT2D eigenvalue weighted by molar-refractivity contribution is -0.167. The Balaban J connectivity index is 4.34. The van der Waals surface area contributed by atoms with Crippen molar-refractivity contribution >= 4 is 17.9 Å². The second-order valence-corrected chi connectivity index (χ2v) is 20.6. The van der Waals surface area contributed by atoms with E-state index in [1.54, 1.807) is 0 Å². The molecule has 0 aliphatic heterocycles. The lowest BCUT2D eigenvalue weighted by atomic mass is 10.0. The van der Waals surface area contributed by atoms with Gasteiger partial charge in [0.2, 0.25) is 0 Å². The molecule has 0 N–H and O–H groups in total. The quantitative estimate of drug-likeness (QED) is 0.0261. The second-order valence-electron chi connectivity index (χ2n) is 20.6. The molecule has 6 nitrogen and oxygen atoms in total. The van der Waals surface area contributed by atoms with Crippen LogP contribution in [0, 0.1) is 0 Å². The Morgan fingerprint density at radius 1 is 0.290 bits per heavy atom. The van der Waals surface area contributed by atoms with Crippen molar-refractivity contribution in [3.05, 3.63) is 36.5 Å². The summed E-state index contributed by atoms with van der Waals surface area (Å²) >= 11 is 0. The molecule has 404 valence electrons. The molecule has 0 aromatic heterocycles. The summed E-state index contributed by atoms with van der Waals surface area (Å²) in [7, 11) is 0. The largest absolute Gasteiger partial charge is 0.462 e. The summed E-state index contributed by atoms with van der Waals surface area (Å²) in [5.74, 6) is -0.869. The fourth-order valence-corrected chi connectivity index (χ4v) is 9.00. The minimum absolute atomic E-state index is 0.0739. The van der Waals surface area contributed by atoms with E-state index in [9.17, 15) is 14.4 Å². The van der Waals surface area contributed by atoms with Crippen LogP contribution in [-0.4, -0.2) is 37.2 Å². The minimum atomic E-state index is -0.776. The monoisotopic (exact) mass is 969 g/mol. The van der Waals surface area contributed by atoms with Crippen molar-refractivity contribution < 1.29 is 28.6 Å². The van der Waals surface area contributed by atoms with Crippen molar-refractivity contribution in [1.82, 2.24) is 0 Å². The first-order chi connectivity index (χ1) is 34.0. The molecule has 0 fully saturated rings. The number of carbonyl (C=O) groups excluding carboxylic acids is 3. The fraction of sp³-hybridized carbons (Fsp3) is 0.857. The van der Waals surface area contributed by atoms with Gasteiger partial charge >= 0.3 is 17.9 Å². The van der Waals surface area contributed by atoms with Gasteiger partial charge in [-0.05, 0) is 77.0 Å². The zero-order chi connectivity index (χ0) is 50.0. The van der Waals surface area contributed by atoms with Gasteiger partial charge < -0.3 is 14.2 Å². The minimum Gasteiger partial charge on any atom is -0.462 e. The van der Waals surface area contributed by atoms with E-state index in [0.29, 0.717) is 19.3 Å². The highest BCUT2D eigenvalue weighted by molar-refractivity contribution is 5.71. The molecular weight excluding hydrogens is 853 g/mol. The average molecular weight is 970 g/mol. The Bertz CT molecular complexity index is 1160. The maximum atomic E-state index is 12.9. The highest BCUT2D eigenvalue weighted by atomic mass is 16.6. The molecule has 0 rings (SSSR count). The van der Waals surface area contributed by atoms with Crippen LogP contribution in [0.5, 0.6) is 0 Å². The molecule has 0 bridgehead atoms. The van der Waals surface area contributed by atoms with Gasteiger partial charge in [-0.2, -0.15) is 0 Å². The summed E-state index contributed by atoms with van der Waals surface area (Å²) in [6.45, 7) is 6.65. The van der Waals surface area contributed by atoms with Gasteiger partial charge in [0.25, 0.3) is 0 Å². The molecule has 0 aliphatic rings. The van der Waals surface area contributed by atoms with E-state index in [1.165, 1.54) is 212 Å². The second kappa shape index (κ2) is 58.2. The normalized spacial score (nSPS) is 12.2. The molecule has 0 saturated carbocycles. The van der Waals surface area contributed by atoms with Crippen molar-refractivity contribution in [1.29, 1.82) is 0 Å². The van der Waals surface area contributed by atoms with Gasteiger partial charge in [0.05, 0.1) is 0 Å². The maximum Gasteiger partial charge on any atom is 0.306 e. The van der Waals surface area contributed by atoms with Crippen LogP contribution in [-0.2, 0) is 28.6 Å². The molecule has 0 aliphatic carbocycles. The zero-order valence-electron chi connectivity index (χ0n) is 46.3. The first-order valence-electron chi connectivity index (χ1n) is 30.5. The number of esters is 3. The van der Waals surface area contributed by atoms with Crippen LogP contribution in [0.4, 0.5) is 0 Å². The summed E-state index contributed by atoms with van der Waals surface area (Å²) in [6, 6.07) is 0. The van der Waals surface area contributed by atoms with E-state index in [1.807, 2.05) is 0 Å². The first-order valence-corrected chi connectivity index (χ1v) is 30.5. The number of unbranched alkanes of at least 4 members (excludes halogenated alkanes) is 39. The predicted molar refractivity (Wildman–Crippen MR) is 298 cm³/mol. The Hall–Kier alpha value is -2.37. The Labute approximate surface area is 429 Å². The van der Waals surface area contributed by atoms with Crippen molar-refractivity contribution in [3.63, 3.8) is 0 Å². The third-order valence-electron chi connectivity index (χ3n) is 13.6. The molecule has 69 heavy (non-hydrogen) atoms. The molecule has 0 amide bonds. The first kappa shape index (κ1) is 66.6. The number of rotatable bonds is 56. The van der Waals surface area contributed by atoms with Crippen LogP contribution in [0.1, 0.15) is 329 Å². The molecule has 1 unspecified atom stereocenters. The Morgan fingerprint density at radius 3 is 0.841 bits per heavy atom. The van der Waals surface area contributed by atoms with Crippen LogP contribution in [0.2, 0.25) is 0 Å². The zero-order valence-corrected chi connectivity index (χ0v) is 46.3. The molecule has 0 spiro atoms. The molecule has 6 heteroatoms. The van der Waals surface area contributed by atoms with Crippen molar-refractivity contribution in [3.8, 4) is 0 Å². The summed E-state index contributed by atoms with van der Waals surface area (Å²) in [5.41, 5.74) is 0. The van der Waals surface area contributed by atoms with Crippen LogP contribution in [0.15, 0.2) is 36.5 Å². The van der Waals surface area contributed by atoms with Gasteiger partial charge in [-0.15, -0.1) is 0 Å². The number of hydrogen-bond acceptors (Lipinski definition) is 6. The van der Waals surface area contributed by atoms with Gasteiger partial charge in [-0.3, -0.25) is 14.4 Å². The smallest absolute Gasteiger partial charge is 0.306 e. The lowest BCUT2D eigenvalue weighted by Crippen LogP contribution is -2.30. The highest BCUT2D eigenvalue weighted by Gasteiger charge is 2.19. The van der Waals surface area contributed by atoms with Crippen molar-refractivity contribution in [2.75, 3.05) is 13.2 Å². The van der Waals surface area contributed by atoms with Crippen molar-refractivity contribution in [2.24, 2.45) is 0 Å². The fourth-order valence-electron chi connectivity index (χ4n) is 9.00. The van der Waals surface area contributed by atoms with Gasteiger partial charge in [0.15, 0.2) is 6.10 Å². The van der Waals surface area contributed by atoms with Gasteiger partial charge in [-0.25, -0.2) is 0 Å². The van der Waals surface area contributed by atoms with Gasteiger partial charge in [0.1, 0.15) is 13.2 Å². The number of hydrogen-bond donors (Lipinski definition) is 0. The summed E-state index contributed by atoms with van der Waals surface area (Å²) in [5, 5.41) is 0. The molecule has 0 saturated heterocycles. The number of ether oxygens (including phenoxy) is 3. The Kier molecular flexibility index (Phi) is 56.2. The summed E-state index contributed by atoms with van der Waals surface area (Å²) < 4.78 is 16.9. The standard InChI is InChI=1S/C63H116O6/c1-4-7-10-13-16-19-22-25-28-30-31-33-35-38-41-44-47-50-53-56-62(65)68-59-60(58-67-61(64)55-52-49-46-43-40-37-34-27-24-21-18-15-12-9-6-3)69-63(66)57-54-51-48-45-42-39-36-32-29-26-23-20-17-14-11-8-5-2/h18,21,25,27-28,34,60H,4-17,19-20,22-24,26,29-33,35-59H2,1-3H3/b21-18-,28-25-,34-27-. The Morgan fingerprint density at radius 2 is 0.522 bits per heavy atom. The van der Waals surface area contributed by atoms with Crippen LogP contribution < -0.4 is 0 Å². The average Bonchev–Trinajstić information content (AvgIpc) is 3.35. The number of allylic oxidation sites excluding steroid dienone is 6. The molecular formula is C63H116O6. The SMILES string of the molecule is CCCCC/C=C\C/C=C\CCCCCCCC(=O)OCC(COC(=O)CCCCCCCCCCC/C=C\CCCCCCCC)OC(=O)CCCCCCCCCCCCCCCCCCC. The van der Waals surface area contributed by atoms with Gasteiger partial charge in [0, 0.05) is 19.3 Å². The third kappa shape index (κ3) is 56.4. The van der Waals surface area contributed by atoms with E-state index in [0.717, 1.165) is 77.0 Å². The molecule has 0 aromatic rings. The summed E-state index contributed by atoms with van der Waals surface area (Å²) in [6.07, 6.45) is 69.9. The molecule has 0 heterocycles. The van der Waals surface area contributed by atoms with Crippen molar-refractivity contribution in [2.45, 2.75) is 335 Å². The van der Waals surface area contributed by atoms with E-state index in [4.69, 9.17) is 14.2 Å². The van der Waals surface area contributed by atoms with E-state index in [-0.39, 0.29) is 31.1 Å². The molecule has 0 radical (unpaired) electrons. The maximum absolute atomic E-state index is 12.9. The van der Waals surface area contributed by atoms with E-state index in [2.05, 4.69) is 57.2 Å². The highest BCUT2D eigenvalue weighted by Crippen LogP contribution is 2.17. The lowest BCUT2D eigenvalue weighted by Gasteiger charge is -2.18. The number of carbonyl (C=O) groups is 3. The van der Waals surface area contributed by atoms with Crippen LogP contribution >= 0.6 is 0 Å². The van der Waals surface area contributed by atoms with E-state index >= 15 is 0 Å². The molecule has 0 aromatic carbocycles. The van der Waals surface area contributed by atoms with Crippen LogP contribution in [0.25, 0.3) is 0 Å². The summed E-state index contributed by atoms with van der Waals surface area (Å²) in [4.78, 5) is 38.2. The topological polar surface area (TPSA) is 78.9 Å². The van der Waals surface area contributed by atoms with E-state index < -0.39 is 6.10 Å². The molecule has 1 atom stereocenters. The van der Waals surface area contributed by atoms with Gasteiger partial charge in [-0.1, -0.05) is 269 Å². The predicted octanol–water partition coefficient (Wildman–Crippen LogP) is 20.4. The third-order valence-corrected chi connectivity index (χ3v) is 13.6. The van der Waals surface area contributed by atoms with Crippen LogP contribution in [0.3, 0.4) is 0 Å².